The number of hydrogen-bond acceptors (Lipinski definition) is 5. The lowest BCUT2D eigenvalue weighted by Crippen LogP contribution is -2.47. The molecule has 5 rings (SSSR count). The second-order valence-corrected chi connectivity index (χ2v) is 8.88. The molecule has 2 fully saturated rings. The Morgan fingerprint density at radius 1 is 0.862 bits per heavy atom. The third-order valence-corrected chi connectivity index (χ3v) is 6.98. The van der Waals surface area contributed by atoms with Gasteiger partial charge in [0, 0.05) is 44.3 Å². The van der Waals surface area contributed by atoms with Crippen LogP contribution in [0.1, 0.15) is 48.9 Å². The van der Waals surface area contributed by atoms with Crippen LogP contribution in [0.4, 0.5) is 5.82 Å². The van der Waals surface area contributed by atoms with Crippen molar-refractivity contribution in [2.24, 2.45) is 0 Å². The summed E-state index contributed by atoms with van der Waals surface area (Å²) in [4.78, 5) is 17.2. The topological polar surface area (TPSA) is 35.5 Å². The van der Waals surface area contributed by atoms with E-state index in [1.807, 2.05) is 0 Å². The molecule has 5 nitrogen and oxygen atoms in total. The highest BCUT2D eigenvalue weighted by atomic mass is 15.2. The lowest BCUT2D eigenvalue weighted by molar-refractivity contribution is 0.141. The molecule has 0 saturated carbocycles. The molecule has 0 spiro atoms. The van der Waals surface area contributed by atoms with Crippen molar-refractivity contribution >= 4 is 5.82 Å². The van der Waals surface area contributed by atoms with Gasteiger partial charge in [-0.15, -0.1) is 0 Å². The smallest absolute Gasteiger partial charge is 0.135 e. The largest absolute Gasteiger partial charge is 0.356 e. The Bertz CT molecular complexity index is 794. The summed E-state index contributed by atoms with van der Waals surface area (Å²) in [7, 11) is 0. The quantitative estimate of drug-likeness (QED) is 0.797. The first kappa shape index (κ1) is 19.0. The van der Waals surface area contributed by atoms with Crippen molar-refractivity contribution in [3.05, 3.63) is 53.5 Å². The standard InChI is InChI=1S/C24H33N5/c1-3-7-20(8-4-1)17-27-14-11-22-23(18-27)25-19-26-24(22)29-15-9-21(10-16-29)28-12-5-2-6-13-28/h1,3-4,7-8,19,21H,2,5-6,9-18H2. The molecule has 2 aromatic rings. The predicted octanol–water partition coefficient (Wildman–Crippen LogP) is 3.49. The highest BCUT2D eigenvalue weighted by Crippen LogP contribution is 2.29. The molecule has 0 radical (unpaired) electrons. The van der Waals surface area contributed by atoms with Crippen molar-refractivity contribution in [1.82, 2.24) is 19.8 Å². The van der Waals surface area contributed by atoms with Crippen LogP contribution in [0, 0.1) is 0 Å². The normalized spacial score (nSPS) is 21.9. The summed E-state index contributed by atoms with van der Waals surface area (Å²) >= 11 is 0. The van der Waals surface area contributed by atoms with Crippen molar-refractivity contribution in [2.45, 2.75) is 57.7 Å². The van der Waals surface area contributed by atoms with Crippen LogP contribution in [0.25, 0.3) is 0 Å². The number of benzene rings is 1. The molecule has 0 bridgehead atoms. The van der Waals surface area contributed by atoms with E-state index in [2.05, 4.69) is 50.0 Å². The third-order valence-electron chi connectivity index (χ3n) is 6.98. The highest BCUT2D eigenvalue weighted by molar-refractivity contribution is 5.50. The number of rotatable bonds is 4. The van der Waals surface area contributed by atoms with Crippen molar-refractivity contribution in [3.8, 4) is 0 Å². The van der Waals surface area contributed by atoms with Crippen LogP contribution in [0.15, 0.2) is 36.7 Å². The van der Waals surface area contributed by atoms with Crippen molar-refractivity contribution < 1.29 is 0 Å². The fraction of sp³-hybridized carbons (Fsp3) is 0.583. The number of piperidine rings is 2. The van der Waals surface area contributed by atoms with E-state index in [1.54, 1.807) is 6.33 Å². The maximum absolute atomic E-state index is 4.74. The molecule has 0 atom stereocenters. The summed E-state index contributed by atoms with van der Waals surface area (Å²) in [5, 5.41) is 0. The molecule has 1 aromatic heterocycles. The number of aromatic nitrogens is 2. The van der Waals surface area contributed by atoms with Gasteiger partial charge in [0.05, 0.1) is 5.69 Å². The molecule has 0 N–H and O–H groups in total. The minimum atomic E-state index is 0.783. The third kappa shape index (κ3) is 4.31. The summed E-state index contributed by atoms with van der Waals surface area (Å²) in [6.07, 6.45) is 9.60. The average molecular weight is 392 g/mol. The van der Waals surface area contributed by atoms with Crippen LogP contribution < -0.4 is 4.90 Å². The Kier molecular flexibility index (Phi) is 5.77. The second kappa shape index (κ2) is 8.80. The number of fused-ring (bicyclic) bond motifs is 1. The Morgan fingerprint density at radius 3 is 2.45 bits per heavy atom. The molecule has 3 aliphatic rings. The van der Waals surface area contributed by atoms with Crippen LogP contribution in [-0.4, -0.2) is 58.5 Å². The first-order valence-electron chi connectivity index (χ1n) is 11.4. The maximum atomic E-state index is 4.74. The summed E-state index contributed by atoms with van der Waals surface area (Å²) in [5.74, 6) is 1.21. The maximum Gasteiger partial charge on any atom is 0.135 e. The molecular weight excluding hydrogens is 358 g/mol. The molecule has 3 aliphatic heterocycles. The monoisotopic (exact) mass is 391 g/mol. The Balaban J connectivity index is 1.23. The lowest BCUT2D eigenvalue weighted by atomic mass is 9.98. The van der Waals surface area contributed by atoms with Crippen LogP contribution in [0.5, 0.6) is 0 Å². The second-order valence-electron chi connectivity index (χ2n) is 8.88. The lowest BCUT2D eigenvalue weighted by Gasteiger charge is -2.41. The molecular formula is C24H33N5. The Morgan fingerprint density at radius 2 is 1.66 bits per heavy atom. The summed E-state index contributed by atoms with van der Waals surface area (Å²) < 4.78 is 0. The van der Waals surface area contributed by atoms with Crippen molar-refractivity contribution in [2.75, 3.05) is 37.6 Å². The van der Waals surface area contributed by atoms with E-state index in [0.29, 0.717) is 0 Å². The van der Waals surface area contributed by atoms with Gasteiger partial charge in [-0.3, -0.25) is 4.90 Å². The molecule has 0 unspecified atom stereocenters. The average Bonchev–Trinajstić information content (AvgIpc) is 2.80. The fourth-order valence-corrected chi connectivity index (χ4v) is 5.37. The molecule has 154 valence electrons. The first-order chi connectivity index (χ1) is 14.4. The zero-order valence-electron chi connectivity index (χ0n) is 17.5. The summed E-state index contributed by atoms with van der Waals surface area (Å²) in [6.45, 7) is 7.92. The van der Waals surface area contributed by atoms with Crippen LogP contribution >= 0.6 is 0 Å². The fourth-order valence-electron chi connectivity index (χ4n) is 5.37. The highest BCUT2D eigenvalue weighted by Gasteiger charge is 2.29. The van der Waals surface area contributed by atoms with E-state index >= 15 is 0 Å². The number of hydrogen-bond donors (Lipinski definition) is 0. The first-order valence-corrected chi connectivity index (χ1v) is 11.4. The molecule has 0 aliphatic carbocycles. The zero-order chi connectivity index (χ0) is 19.5. The van der Waals surface area contributed by atoms with Gasteiger partial charge in [-0.1, -0.05) is 36.8 Å². The molecule has 4 heterocycles. The van der Waals surface area contributed by atoms with E-state index in [1.165, 1.54) is 67.8 Å². The number of nitrogens with zero attached hydrogens (tertiary/aromatic N) is 5. The van der Waals surface area contributed by atoms with Crippen LogP contribution in [0.3, 0.4) is 0 Å². The van der Waals surface area contributed by atoms with E-state index in [4.69, 9.17) is 4.98 Å². The van der Waals surface area contributed by atoms with Crippen LogP contribution in [-0.2, 0) is 19.5 Å². The van der Waals surface area contributed by atoms with Gasteiger partial charge in [0.2, 0.25) is 0 Å². The molecule has 2 saturated heterocycles. The van der Waals surface area contributed by atoms with Gasteiger partial charge in [0.1, 0.15) is 12.1 Å². The zero-order valence-corrected chi connectivity index (χ0v) is 17.5. The molecule has 1 aromatic carbocycles. The van der Waals surface area contributed by atoms with Gasteiger partial charge in [0.15, 0.2) is 0 Å². The SMILES string of the molecule is c1ccc(CN2CCc3c(ncnc3N3CCC(N4CCCCC4)CC3)C2)cc1. The van der Waals surface area contributed by atoms with Gasteiger partial charge in [0.25, 0.3) is 0 Å². The van der Waals surface area contributed by atoms with E-state index in [-0.39, 0.29) is 0 Å². The van der Waals surface area contributed by atoms with Crippen molar-refractivity contribution in [3.63, 3.8) is 0 Å². The van der Waals surface area contributed by atoms with Gasteiger partial charge in [-0.2, -0.15) is 0 Å². The van der Waals surface area contributed by atoms with Crippen molar-refractivity contribution in [1.29, 1.82) is 0 Å². The number of likely N-dealkylation sites (tertiary alicyclic amines) is 1. The summed E-state index contributed by atoms with van der Waals surface area (Å²) in [6, 6.07) is 11.6. The molecule has 5 heteroatoms. The van der Waals surface area contributed by atoms with Gasteiger partial charge < -0.3 is 9.80 Å². The van der Waals surface area contributed by atoms with Gasteiger partial charge >= 0.3 is 0 Å². The van der Waals surface area contributed by atoms with E-state index < -0.39 is 0 Å². The number of anilines is 1. The predicted molar refractivity (Wildman–Crippen MR) is 117 cm³/mol. The van der Waals surface area contributed by atoms with Gasteiger partial charge in [-0.05, 0) is 50.8 Å². The Hall–Kier alpha value is -1.98. The van der Waals surface area contributed by atoms with Crippen LogP contribution in [0.2, 0.25) is 0 Å². The Labute approximate surface area is 174 Å². The van der Waals surface area contributed by atoms with E-state index in [9.17, 15) is 0 Å². The summed E-state index contributed by atoms with van der Waals surface area (Å²) in [5.41, 5.74) is 4.01. The minimum Gasteiger partial charge on any atom is -0.356 e. The van der Waals surface area contributed by atoms with Gasteiger partial charge in [-0.25, -0.2) is 9.97 Å². The van der Waals surface area contributed by atoms with E-state index in [0.717, 1.165) is 45.2 Å². The minimum absolute atomic E-state index is 0.783. The molecule has 0 amide bonds. The molecule has 29 heavy (non-hydrogen) atoms.